The van der Waals surface area contributed by atoms with E-state index < -0.39 is 29.2 Å². The monoisotopic (exact) mass is 652 g/mol. The molecular formula is C20H26Cl2N10O5S3. The maximum Gasteiger partial charge on any atom is 0.352 e. The molecule has 0 radical (unpaired) electrons. The number of thiazole rings is 1. The first-order valence-corrected chi connectivity index (χ1v) is 14.1. The summed E-state index contributed by atoms with van der Waals surface area (Å²) in [5.41, 5.74) is 11.6. The second kappa shape index (κ2) is 15.2. The van der Waals surface area contributed by atoms with Crippen LogP contribution in [0.4, 0.5) is 5.13 Å². The number of oxime groups is 1. The van der Waals surface area contributed by atoms with E-state index in [1.54, 1.807) is 11.5 Å². The number of carbonyl (C=O) groups is 3. The van der Waals surface area contributed by atoms with E-state index in [9.17, 15) is 19.5 Å². The Morgan fingerprint density at radius 1 is 1.40 bits per heavy atom. The van der Waals surface area contributed by atoms with Crippen LogP contribution in [0.5, 0.6) is 0 Å². The average Bonchev–Trinajstić information content (AvgIpc) is 3.53. The van der Waals surface area contributed by atoms with E-state index in [4.69, 9.17) is 16.3 Å². The van der Waals surface area contributed by atoms with Crippen LogP contribution in [-0.2, 0) is 25.8 Å². The Hall–Kier alpha value is -2.90. The van der Waals surface area contributed by atoms with Crippen LogP contribution in [-0.4, -0.2) is 94.8 Å². The zero-order valence-corrected chi connectivity index (χ0v) is 24.7. The summed E-state index contributed by atoms with van der Waals surface area (Å²) in [7, 11) is 0. The highest BCUT2D eigenvalue weighted by atomic mass is 35.5. The van der Waals surface area contributed by atoms with Crippen LogP contribution in [0.15, 0.2) is 39.6 Å². The lowest BCUT2D eigenvalue weighted by atomic mass is 10.0. The number of nitrogens with zero attached hydrogens (tertiary/aromatic N) is 7. The second-order valence-electron chi connectivity index (χ2n) is 7.83. The normalized spacial score (nSPS) is 18.2. The number of hydrogen-bond donors (Lipinski definition) is 4. The number of rotatable bonds is 13. The minimum Gasteiger partial charge on any atom is -0.477 e. The lowest BCUT2D eigenvalue weighted by Gasteiger charge is -2.49. The Balaban J connectivity index is 0.00000280. The highest BCUT2D eigenvalue weighted by Crippen LogP contribution is 2.41. The number of allylic oxidation sites excluding steroid dienone is 1. The lowest BCUT2D eigenvalue weighted by molar-refractivity contribution is -0.150. The molecule has 1 fully saturated rings. The van der Waals surface area contributed by atoms with Crippen molar-refractivity contribution in [2.75, 3.05) is 30.4 Å². The first-order valence-electron chi connectivity index (χ1n) is 11.2. The molecule has 2 aromatic rings. The number of nitrogens with one attached hydrogen (secondary N) is 1. The molecule has 15 nitrogen and oxygen atoms in total. The first kappa shape index (κ1) is 33.3. The van der Waals surface area contributed by atoms with Crippen LogP contribution in [0.2, 0.25) is 0 Å². The van der Waals surface area contributed by atoms with Crippen LogP contribution in [0.1, 0.15) is 12.1 Å². The summed E-state index contributed by atoms with van der Waals surface area (Å²) in [6.45, 7) is 4.64. The highest BCUT2D eigenvalue weighted by Gasteiger charge is 2.54. The summed E-state index contributed by atoms with van der Waals surface area (Å²) in [5.74, 6) is -1.87. The van der Waals surface area contributed by atoms with Crippen LogP contribution in [0.3, 0.4) is 0 Å². The molecule has 4 heterocycles. The quantitative estimate of drug-likeness (QED) is 0.0574. The molecular weight excluding hydrogens is 627 g/mol. The average molecular weight is 654 g/mol. The molecule has 2 amide bonds. The van der Waals surface area contributed by atoms with Gasteiger partial charge in [-0.15, -0.1) is 59.6 Å². The molecule has 2 aliphatic heterocycles. The molecule has 1 saturated heterocycles. The van der Waals surface area contributed by atoms with Crippen LogP contribution >= 0.6 is 59.7 Å². The van der Waals surface area contributed by atoms with E-state index in [2.05, 4.69) is 37.6 Å². The molecule has 0 saturated carbocycles. The summed E-state index contributed by atoms with van der Waals surface area (Å²) >= 11 is 3.73. The third kappa shape index (κ3) is 7.24. The van der Waals surface area contributed by atoms with E-state index in [1.165, 1.54) is 33.1 Å². The molecule has 2 aromatic heterocycles. The van der Waals surface area contributed by atoms with Gasteiger partial charge in [-0.25, -0.2) is 14.5 Å². The molecule has 0 bridgehead atoms. The number of nitrogen functional groups attached to an aromatic ring is 1. The van der Waals surface area contributed by atoms with Crippen molar-refractivity contribution in [3.63, 3.8) is 0 Å². The Morgan fingerprint density at radius 3 is 2.83 bits per heavy atom. The molecule has 0 aliphatic carbocycles. The molecule has 20 heteroatoms. The van der Waals surface area contributed by atoms with Crippen molar-refractivity contribution in [1.29, 1.82) is 0 Å². The van der Waals surface area contributed by atoms with Gasteiger partial charge in [-0.1, -0.05) is 23.0 Å². The summed E-state index contributed by atoms with van der Waals surface area (Å²) in [5, 5.41) is 29.6. The van der Waals surface area contributed by atoms with Gasteiger partial charge < -0.3 is 26.7 Å². The van der Waals surface area contributed by atoms with Crippen LogP contribution < -0.4 is 16.8 Å². The van der Waals surface area contributed by atoms with Crippen molar-refractivity contribution >= 4 is 88.3 Å². The van der Waals surface area contributed by atoms with Crippen LogP contribution in [0, 0.1) is 0 Å². The third-order valence-corrected chi connectivity index (χ3v) is 8.35. The minimum absolute atomic E-state index is 0. The predicted octanol–water partition coefficient (Wildman–Crippen LogP) is 0.342. The fourth-order valence-electron chi connectivity index (χ4n) is 3.55. The van der Waals surface area contributed by atoms with Gasteiger partial charge in [-0.05, 0) is 29.0 Å². The van der Waals surface area contributed by atoms with Crippen molar-refractivity contribution in [2.45, 2.75) is 29.5 Å². The van der Waals surface area contributed by atoms with Gasteiger partial charge in [0.1, 0.15) is 29.4 Å². The van der Waals surface area contributed by atoms with Crippen molar-refractivity contribution in [3.05, 3.63) is 35.0 Å². The van der Waals surface area contributed by atoms with Gasteiger partial charge in [0.2, 0.25) is 5.16 Å². The second-order valence-corrected chi connectivity index (χ2v) is 10.8. The van der Waals surface area contributed by atoms with Gasteiger partial charge in [0.05, 0.1) is 6.54 Å². The van der Waals surface area contributed by atoms with Gasteiger partial charge in [0, 0.05) is 16.9 Å². The van der Waals surface area contributed by atoms with Crippen molar-refractivity contribution < 1.29 is 24.3 Å². The first-order chi connectivity index (χ1) is 18.3. The fraction of sp³-hybridized carbons (Fsp3) is 0.400. The van der Waals surface area contributed by atoms with E-state index in [1.807, 2.05) is 0 Å². The summed E-state index contributed by atoms with van der Waals surface area (Å²) in [6.07, 6.45) is 2.17. The zero-order valence-electron chi connectivity index (χ0n) is 20.7. The predicted molar refractivity (Wildman–Crippen MR) is 156 cm³/mol. The van der Waals surface area contributed by atoms with E-state index in [-0.39, 0.29) is 59.4 Å². The van der Waals surface area contributed by atoms with Crippen molar-refractivity contribution in [3.8, 4) is 0 Å². The van der Waals surface area contributed by atoms with E-state index in [0.29, 0.717) is 36.0 Å². The maximum absolute atomic E-state index is 13.1. The third-order valence-electron chi connectivity index (χ3n) is 5.29. The number of thioether (sulfide) groups is 2. The number of carboxylic acid groups (broad SMARTS) is 1. The number of β-lactam (4-membered cyclic amide) rings is 1. The number of nitrogens with two attached hydrogens (primary N) is 2. The molecule has 4 rings (SSSR count). The number of amides is 2. The molecule has 1 unspecified atom stereocenters. The van der Waals surface area contributed by atoms with E-state index in [0.717, 1.165) is 11.3 Å². The lowest BCUT2D eigenvalue weighted by Crippen LogP contribution is -2.71. The van der Waals surface area contributed by atoms with Gasteiger partial charge in [-0.2, -0.15) is 0 Å². The number of hydrogen-bond acceptors (Lipinski definition) is 14. The number of carbonyl (C=O) groups excluding carboxylic acids is 2. The fourth-order valence-corrected chi connectivity index (χ4v) is 6.47. The smallest absolute Gasteiger partial charge is 0.352 e. The number of anilines is 1. The highest BCUT2D eigenvalue weighted by molar-refractivity contribution is 8.01. The molecule has 0 aromatic carbocycles. The van der Waals surface area contributed by atoms with Gasteiger partial charge in [0.25, 0.3) is 11.8 Å². The SMILES string of the molecule is C=CCn1nnnc1SCC1=C(C(=O)O)N2C(=O)C(NC(=O)C(=NOCCCN)c3csc(N)n3)[C@@H]2SC1.Cl.Cl. The molecule has 218 valence electrons. The number of halogens is 2. The molecule has 0 spiro atoms. The van der Waals surface area contributed by atoms with Gasteiger partial charge in [-0.3, -0.25) is 14.5 Å². The Bertz CT molecular complexity index is 1300. The summed E-state index contributed by atoms with van der Waals surface area (Å²) < 4.78 is 1.53. The Morgan fingerprint density at radius 2 is 2.17 bits per heavy atom. The molecule has 6 N–H and O–H groups in total. The molecule has 2 aliphatic rings. The number of tetrazole rings is 1. The molecule has 2 atom stereocenters. The van der Waals surface area contributed by atoms with Crippen LogP contribution in [0.25, 0.3) is 0 Å². The number of aliphatic carboxylic acids is 1. The number of carboxylic acids is 1. The van der Waals surface area contributed by atoms with Gasteiger partial charge in [0.15, 0.2) is 10.8 Å². The maximum atomic E-state index is 13.1. The zero-order chi connectivity index (χ0) is 27.2. The Labute approximate surface area is 253 Å². The van der Waals surface area contributed by atoms with Crippen molar-refractivity contribution in [2.24, 2.45) is 10.9 Å². The Kier molecular flexibility index (Phi) is 12.7. The molecule has 40 heavy (non-hydrogen) atoms. The standard InChI is InChI=1S/C20H24N10O5S3.2ClH/c1-2-5-29-20(25-27-28-29)38-8-10-7-36-17-13(16(32)30(17)14(10)18(33)34)24-15(31)12(26-35-6-3-4-21)11-9-37-19(22)23-11;;/h2,9,13,17H,1,3-8,21H2,(H2,22,23)(H,24,31)(H,33,34);2*1H/t13?,17-;;/m0../s1. The van der Waals surface area contributed by atoms with Crippen molar-refractivity contribution in [1.82, 2.24) is 35.4 Å². The largest absolute Gasteiger partial charge is 0.477 e. The topological polar surface area (TPSA) is 217 Å². The summed E-state index contributed by atoms with van der Waals surface area (Å²) in [4.78, 5) is 48.7. The number of fused-ring (bicyclic) bond motifs is 1. The van der Waals surface area contributed by atoms with E-state index >= 15 is 0 Å². The number of aromatic nitrogens is 5. The van der Waals surface area contributed by atoms with Gasteiger partial charge >= 0.3 is 5.97 Å². The summed E-state index contributed by atoms with van der Waals surface area (Å²) in [6, 6.07) is -0.957. The minimum atomic E-state index is -1.23.